The fraction of sp³-hybridized carbons (Fsp3) is 1.00. The molecule has 0 saturated carbocycles. The highest BCUT2D eigenvalue weighted by atomic mass is 16.3. The van der Waals surface area contributed by atoms with Crippen LogP contribution in [0.2, 0.25) is 0 Å². The fourth-order valence-electron chi connectivity index (χ4n) is 1.42. The summed E-state index contributed by atoms with van der Waals surface area (Å²) in [6.07, 6.45) is -0.286. The summed E-state index contributed by atoms with van der Waals surface area (Å²) in [4.78, 5) is 1.98. The highest BCUT2D eigenvalue weighted by Gasteiger charge is 2.27. The molecule has 0 aromatic heterocycles. The van der Waals surface area contributed by atoms with Gasteiger partial charge in [0.1, 0.15) is 0 Å². The van der Waals surface area contributed by atoms with Crippen LogP contribution < -0.4 is 5.32 Å². The lowest BCUT2D eigenvalue weighted by molar-refractivity contribution is 0.0875. The summed E-state index contributed by atoms with van der Waals surface area (Å²) in [5, 5.41) is 21.1. The lowest BCUT2D eigenvalue weighted by Crippen LogP contribution is -2.41. The lowest BCUT2D eigenvalue weighted by atomic mass is 10.2. The van der Waals surface area contributed by atoms with Crippen molar-refractivity contribution in [1.82, 2.24) is 10.2 Å². The van der Waals surface area contributed by atoms with Crippen molar-refractivity contribution in [3.05, 3.63) is 0 Å². The Hall–Kier alpha value is -0.160. The highest BCUT2D eigenvalue weighted by Crippen LogP contribution is 2.05. The van der Waals surface area contributed by atoms with Crippen LogP contribution in [-0.4, -0.2) is 60.5 Å². The minimum atomic E-state index is -0.286. The van der Waals surface area contributed by atoms with E-state index in [0.29, 0.717) is 13.1 Å². The van der Waals surface area contributed by atoms with Crippen LogP contribution in [0.15, 0.2) is 0 Å². The molecule has 2 unspecified atom stereocenters. The van der Waals surface area contributed by atoms with E-state index >= 15 is 0 Å². The summed E-state index contributed by atoms with van der Waals surface area (Å²) in [6, 6.07) is 0.169. The zero-order chi connectivity index (χ0) is 8.27. The second-order valence-corrected chi connectivity index (χ2v) is 3.00. The predicted molar refractivity (Wildman–Crippen MR) is 42.4 cm³/mol. The Morgan fingerprint density at radius 1 is 1.55 bits per heavy atom. The van der Waals surface area contributed by atoms with E-state index in [0.717, 1.165) is 6.54 Å². The van der Waals surface area contributed by atoms with Crippen molar-refractivity contribution in [3.8, 4) is 0 Å². The van der Waals surface area contributed by atoms with Crippen LogP contribution in [0.5, 0.6) is 0 Å². The molecule has 0 amide bonds. The highest BCUT2D eigenvalue weighted by molar-refractivity contribution is 4.86. The number of hydrogen-bond donors (Lipinski definition) is 3. The molecule has 0 aromatic carbocycles. The molecule has 1 aliphatic heterocycles. The largest absolute Gasteiger partial charge is 0.395 e. The van der Waals surface area contributed by atoms with Crippen molar-refractivity contribution in [2.45, 2.75) is 12.1 Å². The summed E-state index contributed by atoms with van der Waals surface area (Å²) >= 11 is 0. The van der Waals surface area contributed by atoms with Gasteiger partial charge in [0.15, 0.2) is 0 Å². The Bertz CT molecular complexity index is 121. The van der Waals surface area contributed by atoms with E-state index in [1.807, 2.05) is 11.9 Å². The fourth-order valence-corrected chi connectivity index (χ4v) is 1.42. The number of β-amino-alcohol motifs (C(OH)–C–C–N with tert-alkyl or cyclic N) is 1. The molecule has 0 aromatic rings. The molecule has 1 heterocycles. The Morgan fingerprint density at radius 2 is 2.27 bits per heavy atom. The van der Waals surface area contributed by atoms with E-state index in [-0.39, 0.29) is 18.8 Å². The lowest BCUT2D eigenvalue weighted by Gasteiger charge is -2.24. The van der Waals surface area contributed by atoms with E-state index in [1.54, 1.807) is 0 Å². The van der Waals surface area contributed by atoms with E-state index in [2.05, 4.69) is 5.32 Å². The first kappa shape index (κ1) is 8.93. The van der Waals surface area contributed by atoms with Crippen LogP contribution in [0.3, 0.4) is 0 Å². The van der Waals surface area contributed by atoms with Gasteiger partial charge in [-0.3, -0.25) is 4.90 Å². The smallest absolute Gasteiger partial charge is 0.0831 e. The zero-order valence-electron chi connectivity index (χ0n) is 6.82. The van der Waals surface area contributed by atoms with Crippen LogP contribution in [0, 0.1) is 0 Å². The van der Waals surface area contributed by atoms with Crippen LogP contribution in [0.4, 0.5) is 0 Å². The maximum atomic E-state index is 9.40. The summed E-state index contributed by atoms with van der Waals surface area (Å²) in [6.45, 7) is 2.27. The summed E-state index contributed by atoms with van der Waals surface area (Å²) in [5.41, 5.74) is 0. The van der Waals surface area contributed by atoms with Gasteiger partial charge in [0, 0.05) is 25.7 Å². The average molecular weight is 160 g/mol. The molecule has 4 nitrogen and oxygen atoms in total. The van der Waals surface area contributed by atoms with Crippen molar-refractivity contribution in [2.75, 3.05) is 33.3 Å². The molecule has 4 heteroatoms. The number of hydrogen-bond acceptors (Lipinski definition) is 4. The maximum absolute atomic E-state index is 9.40. The molecule has 11 heavy (non-hydrogen) atoms. The number of aliphatic hydroxyl groups is 2. The summed E-state index contributed by atoms with van der Waals surface area (Å²) in [5.74, 6) is 0. The molecule has 0 aliphatic carbocycles. The minimum Gasteiger partial charge on any atom is -0.395 e. The molecular formula is C7H16N2O2. The van der Waals surface area contributed by atoms with Crippen LogP contribution in [0.1, 0.15) is 0 Å². The Balaban J connectivity index is 2.33. The van der Waals surface area contributed by atoms with Gasteiger partial charge in [-0.05, 0) is 7.05 Å². The number of aliphatic hydroxyl groups excluding tert-OH is 2. The third-order valence-corrected chi connectivity index (χ3v) is 2.17. The SMILES string of the molecule is CN(CCO)C1CNCC1O. The van der Waals surface area contributed by atoms with E-state index in [9.17, 15) is 5.11 Å². The maximum Gasteiger partial charge on any atom is 0.0831 e. The monoisotopic (exact) mass is 160 g/mol. The molecule has 0 spiro atoms. The Morgan fingerprint density at radius 3 is 2.73 bits per heavy atom. The second-order valence-electron chi connectivity index (χ2n) is 3.00. The molecule has 1 aliphatic rings. The van der Waals surface area contributed by atoms with Crippen LogP contribution in [-0.2, 0) is 0 Å². The Labute approximate surface area is 66.8 Å². The van der Waals surface area contributed by atoms with Gasteiger partial charge in [-0.1, -0.05) is 0 Å². The standard InChI is InChI=1S/C7H16N2O2/c1-9(2-3-10)6-4-8-5-7(6)11/h6-8,10-11H,2-5H2,1H3. The van der Waals surface area contributed by atoms with Crippen molar-refractivity contribution in [1.29, 1.82) is 0 Å². The summed E-state index contributed by atoms with van der Waals surface area (Å²) in [7, 11) is 1.91. The summed E-state index contributed by atoms with van der Waals surface area (Å²) < 4.78 is 0. The van der Waals surface area contributed by atoms with Gasteiger partial charge in [-0.2, -0.15) is 0 Å². The number of likely N-dealkylation sites (N-methyl/N-ethyl adjacent to an activating group) is 1. The quantitative estimate of drug-likeness (QED) is 0.458. The van der Waals surface area contributed by atoms with Crippen molar-refractivity contribution < 1.29 is 10.2 Å². The molecule has 1 fully saturated rings. The third-order valence-electron chi connectivity index (χ3n) is 2.17. The van der Waals surface area contributed by atoms with Gasteiger partial charge in [-0.15, -0.1) is 0 Å². The van der Waals surface area contributed by atoms with Crippen molar-refractivity contribution in [2.24, 2.45) is 0 Å². The van der Waals surface area contributed by atoms with Crippen LogP contribution in [0.25, 0.3) is 0 Å². The normalized spacial score (nSPS) is 31.6. The Kier molecular flexibility index (Phi) is 3.26. The second kappa shape index (κ2) is 4.01. The van der Waals surface area contributed by atoms with Gasteiger partial charge in [0.2, 0.25) is 0 Å². The van der Waals surface area contributed by atoms with Crippen LogP contribution >= 0.6 is 0 Å². The molecule has 1 saturated heterocycles. The van der Waals surface area contributed by atoms with E-state index < -0.39 is 0 Å². The molecule has 0 radical (unpaired) electrons. The molecule has 1 rings (SSSR count). The van der Waals surface area contributed by atoms with Gasteiger partial charge < -0.3 is 15.5 Å². The number of nitrogens with zero attached hydrogens (tertiary/aromatic N) is 1. The van der Waals surface area contributed by atoms with Gasteiger partial charge in [-0.25, -0.2) is 0 Å². The molecule has 2 atom stereocenters. The number of nitrogens with one attached hydrogen (secondary N) is 1. The van der Waals surface area contributed by atoms with Crippen molar-refractivity contribution in [3.63, 3.8) is 0 Å². The van der Waals surface area contributed by atoms with E-state index in [4.69, 9.17) is 5.11 Å². The first-order valence-electron chi connectivity index (χ1n) is 3.95. The minimum absolute atomic E-state index is 0.153. The third kappa shape index (κ3) is 2.13. The van der Waals surface area contributed by atoms with Gasteiger partial charge >= 0.3 is 0 Å². The zero-order valence-corrected chi connectivity index (χ0v) is 6.82. The first-order valence-corrected chi connectivity index (χ1v) is 3.95. The number of rotatable bonds is 3. The first-order chi connectivity index (χ1) is 5.25. The molecule has 0 bridgehead atoms. The van der Waals surface area contributed by atoms with Gasteiger partial charge in [0.25, 0.3) is 0 Å². The average Bonchev–Trinajstić information content (AvgIpc) is 2.36. The van der Waals surface area contributed by atoms with Gasteiger partial charge in [0.05, 0.1) is 12.7 Å². The molecular weight excluding hydrogens is 144 g/mol. The topological polar surface area (TPSA) is 55.7 Å². The van der Waals surface area contributed by atoms with Crippen molar-refractivity contribution >= 4 is 0 Å². The van der Waals surface area contributed by atoms with E-state index in [1.165, 1.54) is 0 Å². The predicted octanol–water partition coefficient (Wildman–Crippen LogP) is -1.76. The molecule has 3 N–H and O–H groups in total. The molecule has 66 valence electrons.